The summed E-state index contributed by atoms with van der Waals surface area (Å²) in [6.45, 7) is 3.61. The molecule has 1 aromatic carbocycles. The summed E-state index contributed by atoms with van der Waals surface area (Å²) in [4.78, 5) is 11.3. The largest absolute Gasteiger partial charge is 0.508 e. The smallest absolute Gasteiger partial charge is 0.306 e. The zero-order valence-electron chi connectivity index (χ0n) is 10.6. The molecule has 5 heteroatoms. The lowest BCUT2D eigenvalue weighted by atomic mass is 10.0. The van der Waals surface area contributed by atoms with Gasteiger partial charge in [0.15, 0.2) is 0 Å². The van der Waals surface area contributed by atoms with Gasteiger partial charge in [0.25, 0.3) is 0 Å². The third-order valence-electron chi connectivity index (χ3n) is 2.36. The van der Waals surface area contributed by atoms with Crippen LogP contribution in [-0.2, 0) is 9.53 Å². The lowest BCUT2D eigenvalue weighted by molar-refractivity contribution is -0.147. The number of carbonyl (C=O) groups is 1. The molecule has 102 valence electrons. The Kier molecular flexibility index (Phi) is 7.39. The number of hydrogen-bond donors (Lipinski definition) is 2. The molecule has 0 spiro atoms. The summed E-state index contributed by atoms with van der Waals surface area (Å²) in [7, 11) is 0. The normalized spacial score (nSPS) is 11.8. The van der Waals surface area contributed by atoms with Crippen molar-refractivity contribution >= 4 is 18.4 Å². The van der Waals surface area contributed by atoms with Crippen LogP contribution in [0.1, 0.15) is 38.3 Å². The third kappa shape index (κ3) is 5.38. The molecule has 4 nitrogen and oxygen atoms in total. The number of halogens is 1. The number of carbonyl (C=O) groups excluding carboxylic acids is 1. The molecule has 0 fully saturated rings. The minimum atomic E-state index is -0.351. The molecule has 3 N–H and O–H groups in total. The number of aromatic hydroxyl groups is 1. The summed E-state index contributed by atoms with van der Waals surface area (Å²) in [5.74, 6) is -0.0944. The average molecular weight is 274 g/mol. The highest BCUT2D eigenvalue weighted by molar-refractivity contribution is 5.85. The van der Waals surface area contributed by atoms with Crippen LogP contribution in [0, 0.1) is 0 Å². The molecular formula is C13H20ClNO3. The van der Waals surface area contributed by atoms with Crippen LogP contribution in [0.4, 0.5) is 0 Å². The van der Waals surface area contributed by atoms with Gasteiger partial charge >= 0.3 is 5.97 Å². The van der Waals surface area contributed by atoms with Crippen molar-refractivity contribution in [1.29, 1.82) is 0 Å². The summed E-state index contributed by atoms with van der Waals surface area (Å²) in [5.41, 5.74) is 6.56. The van der Waals surface area contributed by atoms with E-state index in [9.17, 15) is 9.90 Å². The van der Waals surface area contributed by atoms with Gasteiger partial charge in [-0.2, -0.15) is 0 Å². The highest BCUT2D eigenvalue weighted by Gasteiger charge is 2.13. The summed E-state index contributed by atoms with van der Waals surface area (Å²) in [5, 5.41) is 9.60. The van der Waals surface area contributed by atoms with Crippen LogP contribution in [0.5, 0.6) is 5.75 Å². The van der Waals surface area contributed by atoms with E-state index in [4.69, 9.17) is 10.5 Å². The maximum Gasteiger partial charge on any atom is 0.306 e. The number of nitrogens with two attached hydrogens (primary N) is 1. The van der Waals surface area contributed by atoms with E-state index in [0.717, 1.165) is 0 Å². The molecule has 0 saturated carbocycles. The number of ether oxygens (including phenoxy) is 1. The fourth-order valence-electron chi connectivity index (χ4n) is 1.55. The first-order valence-electron chi connectivity index (χ1n) is 5.73. The molecule has 0 radical (unpaired) electrons. The van der Waals surface area contributed by atoms with Gasteiger partial charge in [-0.05, 0) is 26.3 Å². The van der Waals surface area contributed by atoms with Crippen molar-refractivity contribution in [2.24, 2.45) is 5.73 Å². The first-order valence-corrected chi connectivity index (χ1v) is 5.73. The maximum absolute atomic E-state index is 11.3. The van der Waals surface area contributed by atoms with E-state index in [1.165, 1.54) is 0 Å². The minimum absolute atomic E-state index is 0. The molecule has 0 saturated heterocycles. The molecule has 0 heterocycles. The van der Waals surface area contributed by atoms with Gasteiger partial charge in [-0.1, -0.05) is 18.2 Å². The monoisotopic (exact) mass is 273 g/mol. The van der Waals surface area contributed by atoms with Crippen LogP contribution in [0.3, 0.4) is 0 Å². The van der Waals surface area contributed by atoms with Gasteiger partial charge in [0, 0.05) is 18.0 Å². The van der Waals surface area contributed by atoms with E-state index in [-0.39, 0.29) is 42.7 Å². The number of hydrogen-bond acceptors (Lipinski definition) is 4. The van der Waals surface area contributed by atoms with Gasteiger partial charge in [0.05, 0.1) is 6.10 Å². The van der Waals surface area contributed by atoms with Crippen molar-refractivity contribution in [3.63, 3.8) is 0 Å². The lowest BCUT2D eigenvalue weighted by Crippen LogP contribution is -2.16. The Labute approximate surface area is 114 Å². The van der Waals surface area contributed by atoms with E-state index in [1.807, 2.05) is 0 Å². The van der Waals surface area contributed by atoms with Crippen LogP contribution in [0.15, 0.2) is 24.3 Å². The zero-order chi connectivity index (χ0) is 12.8. The Morgan fingerprint density at radius 1 is 1.39 bits per heavy atom. The third-order valence-corrected chi connectivity index (χ3v) is 2.36. The summed E-state index contributed by atoms with van der Waals surface area (Å²) in [6.07, 6.45) is 0.612. The van der Waals surface area contributed by atoms with Crippen LogP contribution < -0.4 is 5.73 Å². The van der Waals surface area contributed by atoms with Crippen molar-refractivity contribution < 1.29 is 14.6 Å². The number of phenolic OH excluding ortho intramolecular Hbond substituents is 1. The highest BCUT2D eigenvalue weighted by Crippen LogP contribution is 2.24. The first kappa shape index (κ1) is 16.7. The number of benzene rings is 1. The Morgan fingerprint density at radius 3 is 2.56 bits per heavy atom. The second-order valence-electron chi connectivity index (χ2n) is 4.24. The maximum atomic E-state index is 11.3. The van der Waals surface area contributed by atoms with E-state index < -0.39 is 0 Å². The molecule has 1 unspecified atom stereocenters. The Bertz CT molecular complexity index is 382. The van der Waals surface area contributed by atoms with E-state index in [1.54, 1.807) is 38.1 Å². The van der Waals surface area contributed by atoms with Crippen molar-refractivity contribution in [1.82, 2.24) is 0 Å². The zero-order valence-corrected chi connectivity index (χ0v) is 11.4. The second-order valence-corrected chi connectivity index (χ2v) is 4.24. The van der Waals surface area contributed by atoms with Crippen molar-refractivity contribution in [3.05, 3.63) is 29.8 Å². The molecule has 0 aromatic heterocycles. The van der Waals surface area contributed by atoms with Gasteiger partial charge < -0.3 is 15.6 Å². The van der Waals surface area contributed by atoms with Gasteiger partial charge in [-0.25, -0.2) is 0 Å². The quantitative estimate of drug-likeness (QED) is 0.809. The summed E-state index contributed by atoms with van der Waals surface area (Å²) >= 11 is 0. The predicted octanol–water partition coefficient (Wildman–Crippen LogP) is 2.55. The van der Waals surface area contributed by atoms with Gasteiger partial charge in [0.2, 0.25) is 0 Å². The Hall–Kier alpha value is -1.26. The molecule has 18 heavy (non-hydrogen) atoms. The van der Waals surface area contributed by atoms with E-state index in [2.05, 4.69) is 0 Å². The number of esters is 1. The number of rotatable bonds is 5. The van der Waals surface area contributed by atoms with Crippen molar-refractivity contribution in [2.45, 2.75) is 38.8 Å². The van der Waals surface area contributed by atoms with Gasteiger partial charge in [0.1, 0.15) is 5.75 Å². The predicted molar refractivity (Wildman–Crippen MR) is 72.7 cm³/mol. The second kappa shape index (κ2) is 7.95. The lowest BCUT2D eigenvalue weighted by Gasteiger charge is -2.13. The average Bonchev–Trinajstić information content (AvgIpc) is 2.25. The topological polar surface area (TPSA) is 72.5 Å². The van der Waals surface area contributed by atoms with Crippen molar-refractivity contribution in [3.8, 4) is 5.75 Å². The SMILES string of the molecule is CC(C)OC(=O)CCC(N)c1ccccc1O.Cl. The van der Waals surface area contributed by atoms with E-state index in [0.29, 0.717) is 12.0 Å². The van der Waals surface area contributed by atoms with Gasteiger partial charge in [-0.15, -0.1) is 12.4 Å². The van der Waals surface area contributed by atoms with Crippen LogP contribution in [-0.4, -0.2) is 17.2 Å². The molecule has 0 amide bonds. The molecule has 0 aliphatic carbocycles. The summed E-state index contributed by atoms with van der Waals surface area (Å²) in [6, 6.07) is 6.53. The van der Waals surface area contributed by atoms with Gasteiger partial charge in [-0.3, -0.25) is 4.79 Å². The van der Waals surface area contributed by atoms with Crippen LogP contribution >= 0.6 is 12.4 Å². The first-order chi connectivity index (χ1) is 8.00. The highest BCUT2D eigenvalue weighted by atomic mass is 35.5. The fraction of sp³-hybridized carbons (Fsp3) is 0.462. The number of phenols is 1. The molecule has 0 bridgehead atoms. The molecule has 1 atom stereocenters. The van der Waals surface area contributed by atoms with E-state index >= 15 is 0 Å². The van der Waals surface area contributed by atoms with Crippen molar-refractivity contribution in [2.75, 3.05) is 0 Å². The molecule has 0 aliphatic heterocycles. The standard InChI is InChI=1S/C13H19NO3.ClH/c1-9(2)17-13(16)8-7-11(14)10-5-3-4-6-12(10)15;/h3-6,9,11,15H,7-8,14H2,1-2H3;1H. The minimum Gasteiger partial charge on any atom is -0.508 e. The number of para-hydroxylation sites is 1. The molecule has 1 rings (SSSR count). The van der Waals surface area contributed by atoms with Crippen LogP contribution in [0.2, 0.25) is 0 Å². The Balaban J connectivity index is 0.00000289. The Morgan fingerprint density at radius 2 is 2.00 bits per heavy atom. The summed E-state index contributed by atoms with van der Waals surface area (Å²) < 4.78 is 5.01. The molecular weight excluding hydrogens is 254 g/mol. The molecule has 0 aliphatic rings. The fourth-order valence-corrected chi connectivity index (χ4v) is 1.55. The molecule has 1 aromatic rings. The van der Waals surface area contributed by atoms with Crippen LogP contribution in [0.25, 0.3) is 0 Å².